The zero-order valence-electron chi connectivity index (χ0n) is 20.5. The van der Waals surface area contributed by atoms with Crippen molar-refractivity contribution in [3.05, 3.63) is 48.5 Å². The molecule has 2 aromatic heterocycles. The van der Waals surface area contributed by atoms with Crippen molar-refractivity contribution in [3.8, 4) is 5.75 Å². The van der Waals surface area contributed by atoms with Gasteiger partial charge < -0.3 is 19.7 Å². The van der Waals surface area contributed by atoms with E-state index in [9.17, 15) is 4.79 Å². The molecule has 10 nitrogen and oxygen atoms in total. The second-order valence-corrected chi connectivity index (χ2v) is 9.97. The lowest BCUT2D eigenvalue weighted by Crippen LogP contribution is -2.36. The van der Waals surface area contributed by atoms with Gasteiger partial charge in [0.1, 0.15) is 17.5 Å². The summed E-state index contributed by atoms with van der Waals surface area (Å²) in [6, 6.07) is 7.74. The Balaban J connectivity index is 1.26. The fourth-order valence-electron chi connectivity index (χ4n) is 4.34. The number of imidazole rings is 1. The van der Waals surface area contributed by atoms with Crippen molar-refractivity contribution in [2.75, 3.05) is 32.0 Å². The number of carbonyl (C=O) groups is 1. The van der Waals surface area contributed by atoms with Crippen molar-refractivity contribution in [2.45, 2.75) is 44.8 Å². The number of likely N-dealkylation sites (N-methyl/N-ethyl adjacent to an activating group) is 1. The van der Waals surface area contributed by atoms with Crippen molar-refractivity contribution >= 4 is 29.5 Å². The number of carbonyl (C=O) groups excluding carboxylic acids is 1. The number of nitrogens with one attached hydrogen (secondary N) is 1. The highest BCUT2D eigenvalue weighted by atomic mass is 16.6. The van der Waals surface area contributed by atoms with E-state index in [1.54, 1.807) is 11.1 Å². The lowest BCUT2D eigenvalue weighted by molar-refractivity contribution is 0.0275. The number of nitrogens with zero attached hydrogens (tertiary/aromatic N) is 6. The van der Waals surface area contributed by atoms with E-state index in [4.69, 9.17) is 9.47 Å². The van der Waals surface area contributed by atoms with E-state index in [-0.39, 0.29) is 18.1 Å². The standard InChI is InChI=1S/C25H31N7O3/c1-25(2,3)35-24(33)31-10-8-20(16-31)34-19-7-5-6-18(12-19)29-22-23-27-14-21(32(23)11-9-26-22)17-13-28-30(4)15-17/h5-7,9,11-14,17,20H,8,10,15-16H2,1-4H3,(H,26,29). The summed E-state index contributed by atoms with van der Waals surface area (Å²) in [5, 5.41) is 9.64. The largest absolute Gasteiger partial charge is 0.488 e. The summed E-state index contributed by atoms with van der Waals surface area (Å²) in [5.41, 5.74) is 2.16. The van der Waals surface area contributed by atoms with E-state index in [2.05, 4.69) is 24.8 Å². The van der Waals surface area contributed by atoms with Crippen LogP contribution in [0.2, 0.25) is 0 Å². The molecule has 1 saturated heterocycles. The number of hydrogen-bond donors (Lipinski definition) is 1. The van der Waals surface area contributed by atoms with Gasteiger partial charge in [0.2, 0.25) is 0 Å². The van der Waals surface area contributed by atoms with Gasteiger partial charge in [0.25, 0.3) is 0 Å². The summed E-state index contributed by atoms with van der Waals surface area (Å²) in [5.74, 6) is 1.58. The maximum Gasteiger partial charge on any atom is 0.410 e. The van der Waals surface area contributed by atoms with Crippen molar-refractivity contribution in [2.24, 2.45) is 5.10 Å². The molecule has 1 fully saturated rings. The van der Waals surface area contributed by atoms with Crippen LogP contribution in [0.25, 0.3) is 5.65 Å². The molecule has 4 heterocycles. The molecule has 0 radical (unpaired) electrons. The Morgan fingerprint density at radius 3 is 2.83 bits per heavy atom. The molecule has 0 saturated carbocycles. The highest BCUT2D eigenvalue weighted by Gasteiger charge is 2.31. The second-order valence-electron chi connectivity index (χ2n) is 9.97. The molecule has 2 unspecified atom stereocenters. The Labute approximate surface area is 204 Å². The van der Waals surface area contributed by atoms with Crippen LogP contribution in [0.3, 0.4) is 0 Å². The van der Waals surface area contributed by atoms with Crippen LogP contribution in [-0.4, -0.2) is 75.0 Å². The molecule has 2 atom stereocenters. The maximum absolute atomic E-state index is 12.3. The molecule has 2 aliphatic rings. The molecule has 184 valence electrons. The highest BCUT2D eigenvalue weighted by Crippen LogP contribution is 2.27. The van der Waals surface area contributed by atoms with Crippen LogP contribution in [0.15, 0.2) is 48.0 Å². The van der Waals surface area contributed by atoms with Crippen molar-refractivity contribution < 1.29 is 14.3 Å². The van der Waals surface area contributed by atoms with Gasteiger partial charge in [0, 0.05) is 56.9 Å². The molecule has 2 aliphatic heterocycles. The molecule has 3 aromatic rings. The molecular weight excluding hydrogens is 446 g/mol. The fraction of sp³-hybridized carbons (Fsp3) is 0.440. The van der Waals surface area contributed by atoms with Gasteiger partial charge in [-0.05, 0) is 32.9 Å². The smallest absolute Gasteiger partial charge is 0.410 e. The first-order valence-corrected chi connectivity index (χ1v) is 11.8. The Kier molecular flexibility index (Phi) is 5.96. The van der Waals surface area contributed by atoms with Crippen LogP contribution in [-0.2, 0) is 4.74 Å². The third-order valence-electron chi connectivity index (χ3n) is 5.94. The van der Waals surface area contributed by atoms with E-state index in [1.807, 2.05) is 75.7 Å². The van der Waals surface area contributed by atoms with Crippen molar-refractivity contribution in [1.29, 1.82) is 0 Å². The highest BCUT2D eigenvalue weighted by molar-refractivity contribution is 5.74. The minimum atomic E-state index is -0.510. The van der Waals surface area contributed by atoms with Crippen LogP contribution >= 0.6 is 0 Å². The summed E-state index contributed by atoms with van der Waals surface area (Å²) in [6.07, 6.45) is 7.90. The van der Waals surface area contributed by atoms with Gasteiger partial charge in [-0.25, -0.2) is 14.8 Å². The number of hydrazone groups is 1. The average molecular weight is 478 g/mol. The van der Waals surface area contributed by atoms with Gasteiger partial charge in [-0.15, -0.1) is 0 Å². The van der Waals surface area contributed by atoms with E-state index in [0.717, 1.165) is 35.7 Å². The lowest BCUT2D eigenvalue weighted by Gasteiger charge is -2.24. The number of aromatic nitrogens is 3. The molecule has 5 rings (SSSR count). The molecule has 0 aliphatic carbocycles. The minimum absolute atomic E-state index is 0.0830. The monoisotopic (exact) mass is 477 g/mol. The van der Waals surface area contributed by atoms with E-state index in [1.165, 1.54) is 0 Å². The molecule has 1 aromatic carbocycles. The van der Waals surface area contributed by atoms with Gasteiger partial charge in [0.15, 0.2) is 11.5 Å². The Hall–Kier alpha value is -3.82. The lowest BCUT2D eigenvalue weighted by atomic mass is 10.1. The van der Waals surface area contributed by atoms with Gasteiger partial charge in [-0.2, -0.15) is 5.10 Å². The van der Waals surface area contributed by atoms with Crippen molar-refractivity contribution in [3.63, 3.8) is 0 Å². The van der Waals surface area contributed by atoms with Crippen LogP contribution in [0.5, 0.6) is 5.75 Å². The first-order valence-electron chi connectivity index (χ1n) is 11.8. The fourth-order valence-corrected chi connectivity index (χ4v) is 4.34. The average Bonchev–Trinajstić information content (AvgIpc) is 3.53. The molecule has 1 amide bonds. The van der Waals surface area contributed by atoms with E-state index < -0.39 is 5.60 Å². The number of benzene rings is 1. The zero-order valence-corrected chi connectivity index (χ0v) is 20.5. The predicted molar refractivity (Wildman–Crippen MR) is 133 cm³/mol. The Bertz CT molecular complexity index is 1250. The molecule has 0 spiro atoms. The molecule has 0 bridgehead atoms. The summed E-state index contributed by atoms with van der Waals surface area (Å²) in [7, 11) is 1.96. The normalized spacial score (nSPS) is 20.0. The molecular formula is C25H31N7O3. The Morgan fingerprint density at radius 2 is 2.06 bits per heavy atom. The van der Waals surface area contributed by atoms with E-state index in [0.29, 0.717) is 18.9 Å². The number of ether oxygens (including phenoxy) is 2. The van der Waals surface area contributed by atoms with Crippen LogP contribution in [0, 0.1) is 0 Å². The van der Waals surface area contributed by atoms with Gasteiger partial charge in [-0.1, -0.05) is 6.07 Å². The molecule has 1 N–H and O–H groups in total. The maximum atomic E-state index is 12.3. The number of amides is 1. The van der Waals surface area contributed by atoms with Crippen LogP contribution < -0.4 is 10.1 Å². The van der Waals surface area contributed by atoms with Crippen LogP contribution in [0.4, 0.5) is 16.3 Å². The minimum Gasteiger partial charge on any atom is -0.488 e. The number of anilines is 2. The SMILES string of the molecule is CN1CC(c2cnc3c(Nc4cccc(OC5CCN(C(=O)OC(C)(C)C)C5)c4)nccn23)C=N1. The van der Waals surface area contributed by atoms with Crippen molar-refractivity contribution in [1.82, 2.24) is 24.3 Å². The number of rotatable bonds is 5. The summed E-state index contributed by atoms with van der Waals surface area (Å²) in [6.45, 7) is 7.56. The third-order valence-corrected chi connectivity index (χ3v) is 5.94. The summed E-state index contributed by atoms with van der Waals surface area (Å²) >= 11 is 0. The predicted octanol–water partition coefficient (Wildman–Crippen LogP) is 3.88. The van der Waals surface area contributed by atoms with Crippen LogP contribution in [0.1, 0.15) is 38.8 Å². The summed E-state index contributed by atoms with van der Waals surface area (Å²) < 4.78 is 13.7. The summed E-state index contributed by atoms with van der Waals surface area (Å²) in [4.78, 5) is 23.2. The van der Waals surface area contributed by atoms with Gasteiger partial charge in [0.05, 0.1) is 24.4 Å². The first-order chi connectivity index (χ1) is 16.7. The number of likely N-dealkylation sites (tertiary alicyclic amines) is 1. The quantitative estimate of drug-likeness (QED) is 0.596. The third kappa shape index (κ3) is 5.16. The van der Waals surface area contributed by atoms with Gasteiger partial charge >= 0.3 is 6.09 Å². The van der Waals surface area contributed by atoms with E-state index >= 15 is 0 Å². The first kappa shape index (κ1) is 22.9. The molecule has 10 heteroatoms. The van der Waals surface area contributed by atoms with Gasteiger partial charge in [-0.3, -0.25) is 9.41 Å². The zero-order chi connectivity index (χ0) is 24.6. The Morgan fingerprint density at radius 1 is 1.20 bits per heavy atom. The molecule has 35 heavy (non-hydrogen) atoms. The number of fused-ring (bicyclic) bond motifs is 1. The topological polar surface area (TPSA) is 96.6 Å². The second kappa shape index (κ2) is 9.09. The number of hydrogen-bond acceptors (Lipinski definition) is 8.